The number of hydrogen-bond donors (Lipinski definition) is 2. The van der Waals surface area contributed by atoms with Crippen LogP contribution in [-0.2, 0) is 10.0 Å². The van der Waals surface area contributed by atoms with E-state index in [1.807, 2.05) is 6.92 Å². The number of thiocarbonyl (C=S) groups is 1. The molecule has 6 heteroatoms. The summed E-state index contributed by atoms with van der Waals surface area (Å²) in [6.07, 6.45) is 3.83. The molecule has 1 fully saturated rings. The van der Waals surface area contributed by atoms with Gasteiger partial charge in [0.2, 0.25) is 10.0 Å². The number of rotatable bonds is 4. The molecular weight excluding hydrogens is 280 g/mol. The summed E-state index contributed by atoms with van der Waals surface area (Å²) in [5, 5.41) is 0. The van der Waals surface area contributed by atoms with Crippen LogP contribution in [-0.4, -0.2) is 18.9 Å². The molecule has 0 heterocycles. The third kappa shape index (κ3) is 3.13. The van der Waals surface area contributed by atoms with Crippen molar-refractivity contribution in [3.8, 4) is 0 Å². The quantitative estimate of drug-likeness (QED) is 0.833. The predicted molar refractivity (Wildman–Crippen MR) is 79.5 cm³/mol. The molecule has 1 saturated carbocycles. The van der Waals surface area contributed by atoms with E-state index in [9.17, 15) is 8.42 Å². The highest BCUT2D eigenvalue weighted by Crippen LogP contribution is 2.31. The Morgan fingerprint density at radius 3 is 2.47 bits per heavy atom. The highest BCUT2D eigenvalue weighted by Gasteiger charge is 2.34. The minimum atomic E-state index is -3.60. The lowest BCUT2D eigenvalue weighted by atomic mass is 10.0. The predicted octanol–water partition coefficient (Wildman–Crippen LogP) is 1.93. The van der Waals surface area contributed by atoms with Crippen LogP contribution in [0.1, 0.15) is 38.2 Å². The Balaban J connectivity index is 2.37. The molecule has 0 aliphatic heterocycles. The first-order valence-electron chi connectivity index (χ1n) is 6.27. The van der Waals surface area contributed by atoms with E-state index in [1.54, 1.807) is 18.2 Å². The molecule has 0 unspecified atom stereocenters. The van der Waals surface area contributed by atoms with Crippen LogP contribution < -0.4 is 10.5 Å². The zero-order valence-electron chi connectivity index (χ0n) is 10.8. The van der Waals surface area contributed by atoms with Gasteiger partial charge in [0, 0.05) is 11.1 Å². The first-order chi connectivity index (χ1) is 8.84. The highest BCUT2D eigenvalue weighted by atomic mass is 32.2. The van der Waals surface area contributed by atoms with Crippen molar-refractivity contribution < 1.29 is 8.42 Å². The molecule has 0 bridgehead atoms. The van der Waals surface area contributed by atoms with Gasteiger partial charge in [0.1, 0.15) is 4.99 Å². The number of hydrogen-bond acceptors (Lipinski definition) is 3. The molecule has 2 rings (SSSR count). The van der Waals surface area contributed by atoms with Gasteiger partial charge >= 0.3 is 0 Å². The van der Waals surface area contributed by atoms with Crippen molar-refractivity contribution in [1.29, 1.82) is 0 Å². The fourth-order valence-electron chi connectivity index (χ4n) is 2.54. The lowest BCUT2D eigenvalue weighted by Gasteiger charge is -2.25. The van der Waals surface area contributed by atoms with Gasteiger partial charge in [-0.2, -0.15) is 0 Å². The van der Waals surface area contributed by atoms with E-state index in [0.29, 0.717) is 5.56 Å². The van der Waals surface area contributed by atoms with Crippen molar-refractivity contribution in [1.82, 2.24) is 4.72 Å². The Morgan fingerprint density at radius 2 is 1.89 bits per heavy atom. The smallest absolute Gasteiger partial charge is 0.241 e. The second-order valence-corrected chi connectivity index (χ2v) is 7.32. The van der Waals surface area contributed by atoms with Crippen molar-refractivity contribution in [3.05, 3.63) is 29.8 Å². The first kappa shape index (κ1) is 14.4. The Bertz CT molecular complexity index is 590. The summed E-state index contributed by atoms with van der Waals surface area (Å²) in [7, 11) is -3.60. The summed E-state index contributed by atoms with van der Waals surface area (Å²) in [5.41, 5.74) is 5.63. The van der Waals surface area contributed by atoms with Crippen LogP contribution in [0.15, 0.2) is 29.2 Å². The minimum absolute atomic E-state index is 0.0950. The molecule has 0 radical (unpaired) electrons. The summed E-state index contributed by atoms with van der Waals surface area (Å²) in [5.74, 6) is 0. The minimum Gasteiger partial charge on any atom is -0.389 e. The summed E-state index contributed by atoms with van der Waals surface area (Å²) < 4.78 is 27.8. The van der Waals surface area contributed by atoms with Crippen LogP contribution in [0, 0.1) is 0 Å². The fraction of sp³-hybridized carbons (Fsp3) is 0.462. The second-order valence-electron chi connectivity index (χ2n) is 5.23. The first-order valence-corrected chi connectivity index (χ1v) is 8.16. The molecule has 1 aliphatic carbocycles. The summed E-state index contributed by atoms with van der Waals surface area (Å²) in [4.78, 5) is 0.258. The maximum Gasteiger partial charge on any atom is 0.241 e. The molecule has 1 aromatic carbocycles. The lowest BCUT2D eigenvalue weighted by Crippen LogP contribution is -2.43. The molecule has 0 amide bonds. The molecule has 0 saturated heterocycles. The van der Waals surface area contributed by atoms with Crippen molar-refractivity contribution in [2.24, 2.45) is 5.73 Å². The van der Waals surface area contributed by atoms with E-state index < -0.39 is 10.0 Å². The molecule has 1 aliphatic rings. The fourth-order valence-corrected chi connectivity index (χ4v) is 4.47. The number of nitrogens with one attached hydrogen (secondary N) is 1. The van der Waals surface area contributed by atoms with E-state index in [0.717, 1.165) is 25.7 Å². The zero-order chi connectivity index (χ0) is 14.1. The Kier molecular flexibility index (Phi) is 3.94. The monoisotopic (exact) mass is 298 g/mol. The van der Waals surface area contributed by atoms with Crippen molar-refractivity contribution >= 4 is 27.2 Å². The van der Waals surface area contributed by atoms with Gasteiger partial charge in [-0.05, 0) is 25.8 Å². The second kappa shape index (κ2) is 5.19. The van der Waals surface area contributed by atoms with Gasteiger partial charge < -0.3 is 5.73 Å². The topological polar surface area (TPSA) is 72.2 Å². The third-order valence-electron chi connectivity index (χ3n) is 3.53. The molecule has 3 N–H and O–H groups in total. The van der Waals surface area contributed by atoms with Gasteiger partial charge in [-0.15, -0.1) is 0 Å². The molecule has 19 heavy (non-hydrogen) atoms. The molecule has 0 aromatic heterocycles. The molecular formula is C13H18N2O2S2. The van der Waals surface area contributed by atoms with Crippen LogP contribution in [0.2, 0.25) is 0 Å². The third-order valence-corrected chi connectivity index (χ3v) is 5.45. The Labute approximate surface area is 119 Å². The standard InChI is InChI=1S/C13H18N2O2S2/c1-13(8-4-5-9-13)15-19(16,17)11-7-3-2-6-10(11)12(14)18/h2-3,6-7,15H,4-5,8-9H2,1H3,(H2,14,18). The largest absolute Gasteiger partial charge is 0.389 e. The van der Waals surface area contributed by atoms with Crippen LogP contribution in [0.5, 0.6) is 0 Å². The summed E-state index contributed by atoms with van der Waals surface area (Å²) in [6.45, 7) is 1.95. The Morgan fingerprint density at radius 1 is 1.32 bits per heavy atom. The van der Waals surface area contributed by atoms with Gasteiger partial charge in [-0.25, -0.2) is 13.1 Å². The lowest BCUT2D eigenvalue weighted by molar-refractivity contribution is 0.427. The number of nitrogens with two attached hydrogens (primary N) is 1. The molecule has 0 spiro atoms. The molecule has 1 aromatic rings. The van der Waals surface area contributed by atoms with Crippen LogP contribution in [0.25, 0.3) is 0 Å². The van der Waals surface area contributed by atoms with Crippen molar-refractivity contribution in [2.75, 3.05) is 0 Å². The van der Waals surface area contributed by atoms with Crippen LogP contribution >= 0.6 is 12.2 Å². The van der Waals surface area contributed by atoms with Gasteiger partial charge in [0.05, 0.1) is 4.90 Å². The molecule has 104 valence electrons. The zero-order valence-corrected chi connectivity index (χ0v) is 12.5. The van der Waals surface area contributed by atoms with Gasteiger partial charge in [0.25, 0.3) is 0 Å². The van der Waals surface area contributed by atoms with E-state index in [2.05, 4.69) is 4.72 Å². The van der Waals surface area contributed by atoms with Crippen LogP contribution in [0.3, 0.4) is 0 Å². The molecule has 0 atom stereocenters. The maximum atomic E-state index is 12.5. The number of sulfonamides is 1. The summed E-state index contributed by atoms with van der Waals surface area (Å²) in [6, 6.07) is 6.57. The Hall–Kier alpha value is -0.980. The van der Waals surface area contributed by atoms with E-state index in [-0.39, 0.29) is 15.4 Å². The maximum absolute atomic E-state index is 12.5. The SMILES string of the molecule is CC1(NS(=O)(=O)c2ccccc2C(N)=S)CCCC1. The summed E-state index contributed by atoms with van der Waals surface area (Å²) >= 11 is 4.91. The van der Waals surface area contributed by atoms with E-state index >= 15 is 0 Å². The van der Waals surface area contributed by atoms with Crippen molar-refractivity contribution in [3.63, 3.8) is 0 Å². The van der Waals surface area contributed by atoms with Gasteiger partial charge in [-0.1, -0.05) is 43.3 Å². The van der Waals surface area contributed by atoms with Gasteiger partial charge in [-0.3, -0.25) is 0 Å². The molecule has 4 nitrogen and oxygen atoms in total. The van der Waals surface area contributed by atoms with E-state index in [1.165, 1.54) is 6.07 Å². The average Bonchev–Trinajstić information content (AvgIpc) is 2.74. The van der Waals surface area contributed by atoms with Crippen molar-refractivity contribution in [2.45, 2.75) is 43.0 Å². The van der Waals surface area contributed by atoms with Crippen LogP contribution in [0.4, 0.5) is 0 Å². The number of benzene rings is 1. The van der Waals surface area contributed by atoms with E-state index in [4.69, 9.17) is 18.0 Å². The average molecular weight is 298 g/mol. The van der Waals surface area contributed by atoms with Gasteiger partial charge in [0.15, 0.2) is 0 Å². The normalized spacial score (nSPS) is 18.4. The highest BCUT2D eigenvalue weighted by molar-refractivity contribution is 7.89.